The van der Waals surface area contributed by atoms with E-state index in [0.29, 0.717) is 23.3 Å². The molecule has 0 fully saturated rings. The van der Waals surface area contributed by atoms with Gasteiger partial charge in [-0.1, -0.05) is 42.1 Å². The number of furan rings is 1. The molecule has 0 unspecified atom stereocenters. The lowest BCUT2D eigenvalue weighted by molar-refractivity contribution is -0.118. The van der Waals surface area contributed by atoms with E-state index in [0.717, 1.165) is 6.42 Å². The van der Waals surface area contributed by atoms with E-state index in [4.69, 9.17) is 4.42 Å². The van der Waals surface area contributed by atoms with Crippen molar-refractivity contribution in [1.82, 2.24) is 20.5 Å². The van der Waals surface area contributed by atoms with Crippen molar-refractivity contribution in [1.29, 1.82) is 0 Å². The highest BCUT2D eigenvalue weighted by Gasteiger charge is 2.10. The Balaban J connectivity index is 1.41. The molecular weight excluding hydrogens is 312 g/mol. The minimum atomic E-state index is -0.0321. The number of nitrogens with one attached hydrogen (secondary N) is 2. The fourth-order valence-corrected chi connectivity index (χ4v) is 2.63. The molecule has 3 aromatic rings. The summed E-state index contributed by atoms with van der Waals surface area (Å²) in [4.78, 5) is 16.1. The number of thioether (sulfide) groups is 1. The van der Waals surface area contributed by atoms with Gasteiger partial charge in [0.2, 0.25) is 11.1 Å². The minimum absolute atomic E-state index is 0.0321. The van der Waals surface area contributed by atoms with Gasteiger partial charge in [-0.05, 0) is 24.1 Å². The van der Waals surface area contributed by atoms with E-state index < -0.39 is 0 Å². The highest BCUT2D eigenvalue weighted by Crippen LogP contribution is 2.19. The van der Waals surface area contributed by atoms with Crippen molar-refractivity contribution in [3.05, 3.63) is 54.3 Å². The van der Waals surface area contributed by atoms with Crippen molar-refractivity contribution in [2.45, 2.75) is 11.6 Å². The van der Waals surface area contributed by atoms with Gasteiger partial charge >= 0.3 is 0 Å². The van der Waals surface area contributed by atoms with E-state index in [1.807, 2.05) is 30.3 Å². The molecule has 0 bridgehead atoms. The van der Waals surface area contributed by atoms with Crippen LogP contribution in [0.15, 0.2) is 58.3 Å². The van der Waals surface area contributed by atoms with Crippen LogP contribution in [0.5, 0.6) is 0 Å². The molecule has 2 aromatic heterocycles. The summed E-state index contributed by atoms with van der Waals surface area (Å²) in [6.07, 6.45) is 2.39. The number of amides is 1. The number of rotatable bonds is 7. The van der Waals surface area contributed by atoms with Crippen LogP contribution in [-0.4, -0.2) is 33.4 Å². The molecule has 1 aromatic carbocycles. The topological polar surface area (TPSA) is 83.8 Å². The van der Waals surface area contributed by atoms with E-state index in [9.17, 15) is 4.79 Å². The van der Waals surface area contributed by atoms with Crippen LogP contribution in [0.1, 0.15) is 5.56 Å². The molecule has 0 aliphatic heterocycles. The van der Waals surface area contributed by atoms with Crippen LogP contribution in [0.2, 0.25) is 0 Å². The fourth-order valence-electron chi connectivity index (χ4n) is 2.01. The number of aromatic amines is 1. The molecule has 6 nitrogen and oxygen atoms in total. The van der Waals surface area contributed by atoms with Crippen LogP contribution < -0.4 is 5.32 Å². The molecule has 0 saturated heterocycles. The normalized spacial score (nSPS) is 10.6. The Kier molecular flexibility index (Phi) is 5.10. The molecule has 23 heavy (non-hydrogen) atoms. The second kappa shape index (κ2) is 7.64. The fraction of sp³-hybridized carbons (Fsp3) is 0.188. The predicted octanol–water partition coefficient (Wildman–Crippen LogP) is 2.52. The molecule has 0 saturated carbocycles. The average Bonchev–Trinajstić information content (AvgIpc) is 3.25. The lowest BCUT2D eigenvalue weighted by atomic mass is 10.1. The van der Waals surface area contributed by atoms with Crippen molar-refractivity contribution >= 4 is 17.7 Å². The molecule has 0 radical (unpaired) electrons. The number of aromatic nitrogens is 3. The van der Waals surface area contributed by atoms with Crippen molar-refractivity contribution in [3.8, 4) is 11.6 Å². The number of benzene rings is 1. The van der Waals surface area contributed by atoms with Crippen molar-refractivity contribution in [2.24, 2.45) is 0 Å². The summed E-state index contributed by atoms with van der Waals surface area (Å²) in [6, 6.07) is 13.6. The molecule has 2 heterocycles. The van der Waals surface area contributed by atoms with Gasteiger partial charge in [0.15, 0.2) is 11.6 Å². The smallest absolute Gasteiger partial charge is 0.230 e. The average molecular weight is 328 g/mol. The molecule has 2 N–H and O–H groups in total. The SMILES string of the molecule is O=C(CSc1n[nH]c(-c2ccco2)n1)NCCc1ccccc1. The second-order valence-electron chi connectivity index (χ2n) is 4.82. The molecular formula is C16H16N4O2S. The molecule has 7 heteroatoms. The van der Waals surface area contributed by atoms with Crippen molar-refractivity contribution < 1.29 is 9.21 Å². The molecule has 3 rings (SSSR count). The molecule has 0 atom stereocenters. The van der Waals surface area contributed by atoms with Crippen LogP contribution in [-0.2, 0) is 11.2 Å². The summed E-state index contributed by atoms with van der Waals surface area (Å²) in [6.45, 7) is 0.620. The Labute approximate surface area is 137 Å². The summed E-state index contributed by atoms with van der Waals surface area (Å²) in [7, 11) is 0. The standard InChI is InChI=1S/C16H16N4O2S/c21-14(17-9-8-12-5-2-1-3-6-12)11-23-16-18-15(19-20-16)13-7-4-10-22-13/h1-7,10H,8-9,11H2,(H,17,21)(H,18,19,20). The first-order valence-electron chi connectivity index (χ1n) is 7.21. The number of carbonyl (C=O) groups excluding carboxylic acids is 1. The first-order valence-corrected chi connectivity index (χ1v) is 8.19. The van der Waals surface area contributed by atoms with Gasteiger partial charge in [-0.25, -0.2) is 0 Å². The Bertz CT molecular complexity index is 741. The first kappa shape index (κ1) is 15.4. The van der Waals surface area contributed by atoms with Gasteiger partial charge in [0.1, 0.15) is 0 Å². The zero-order chi connectivity index (χ0) is 15.9. The minimum Gasteiger partial charge on any atom is -0.461 e. The van der Waals surface area contributed by atoms with E-state index in [1.54, 1.807) is 18.4 Å². The maximum Gasteiger partial charge on any atom is 0.230 e. The van der Waals surface area contributed by atoms with Gasteiger partial charge < -0.3 is 9.73 Å². The zero-order valence-corrected chi connectivity index (χ0v) is 13.2. The van der Waals surface area contributed by atoms with Gasteiger partial charge in [-0.3, -0.25) is 9.89 Å². The largest absolute Gasteiger partial charge is 0.461 e. The van der Waals surface area contributed by atoms with E-state index in [1.165, 1.54) is 17.3 Å². The molecule has 0 aliphatic carbocycles. The third kappa shape index (κ3) is 4.46. The summed E-state index contributed by atoms with van der Waals surface area (Å²) in [5.74, 6) is 1.43. The highest BCUT2D eigenvalue weighted by atomic mass is 32.2. The number of hydrogen-bond donors (Lipinski definition) is 2. The molecule has 1 amide bonds. The van der Waals surface area contributed by atoms with E-state index >= 15 is 0 Å². The number of hydrogen-bond acceptors (Lipinski definition) is 5. The lowest BCUT2D eigenvalue weighted by Crippen LogP contribution is -2.27. The van der Waals surface area contributed by atoms with Crippen LogP contribution in [0.4, 0.5) is 0 Å². The summed E-state index contributed by atoms with van der Waals surface area (Å²) in [5, 5.41) is 10.3. The molecule has 0 aliphatic rings. The number of nitrogens with zero attached hydrogens (tertiary/aromatic N) is 2. The first-order chi connectivity index (χ1) is 11.3. The van der Waals surface area contributed by atoms with Gasteiger partial charge in [-0.15, -0.1) is 5.10 Å². The Morgan fingerprint density at radius 2 is 2.09 bits per heavy atom. The maximum atomic E-state index is 11.8. The van der Waals surface area contributed by atoms with E-state index in [-0.39, 0.29) is 11.7 Å². The Hall–Kier alpha value is -2.54. The Morgan fingerprint density at radius 3 is 2.87 bits per heavy atom. The number of H-pyrrole nitrogens is 1. The zero-order valence-electron chi connectivity index (χ0n) is 12.4. The van der Waals surface area contributed by atoms with E-state index in [2.05, 4.69) is 20.5 Å². The third-order valence-electron chi connectivity index (χ3n) is 3.13. The lowest BCUT2D eigenvalue weighted by Gasteiger charge is -2.04. The molecule has 118 valence electrons. The van der Waals surface area contributed by atoms with Crippen molar-refractivity contribution in [3.63, 3.8) is 0 Å². The third-order valence-corrected chi connectivity index (χ3v) is 3.98. The van der Waals surface area contributed by atoms with Crippen LogP contribution in [0, 0.1) is 0 Å². The molecule has 0 spiro atoms. The maximum absolute atomic E-state index is 11.8. The van der Waals surface area contributed by atoms with Gasteiger partial charge in [-0.2, -0.15) is 4.98 Å². The van der Waals surface area contributed by atoms with Crippen LogP contribution in [0.25, 0.3) is 11.6 Å². The summed E-state index contributed by atoms with van der Waals surface area (Å²) in [5.41, 5.74) is 1.21. The predicted molar refractivity (Wildman–Crippen MR) is 88.0 cm³/mol. The van der Waals surface area contributed by atoms with Crippen LogP contribution >= 0.6 is 11.8 Å². The number of carbonyl (C=O) groups is 1. The highest BCUT2D eigenvalue weighted by molar-refractivity contribution is 7.99. The second-order valence-corrected chi connectivity index (χ2v) is 5.76. The monoisotopic (exact) mass is 328 g/mol. The van der Waals surface area contributed by atoms with Gasteiger partial charge in [0, 0.05) is 6.54 Å². The van der Waals surface area contributed by atoms with Gasteiger partial charge in [0.25, 0.3) is 0 Å². The summed E-state index contributed by atoms with van der Waals surface area (Å²) >= 11 is 1.29. The van der Waals surface area contributed by atoms with Crippen molar-refractivity contribution in [2.75, 3.05) is 12.3 Å². The summed E-state index contributed by atoms with van der Waals surface area (Å²) < 4.78 is 5.23. The van der Waals surface area contributed by atoms with Crippen LogP contribution in [0.3, 0.4) is 0 Å². The quantitative estimate of drug-likeness (QED) is 0.651. The Morgan fingerprint density at radius 1 is 1.22 bits per heavy atom. The van der Waals surface area contributed by atoms with Gasteiger partial charge in [0.05, 0.1) is 12.0 Å².